The summed E-state index contributed by atoms with van der Waals surface area (Å²) >= 11 is 13.4. The summed E-state index contributed by atoms with van der Waals surface area (Å²) in [6.45, 7) is 1.35. The number of aliphatic hydroxyl groups is 1. The van der Waals surface area contributed by atoms with Gasteiger partial charge in [0.05, 0.1) is 11.6 Å². The van der Waals surface area contributed by atoms with E-state index in [4.69, 9.17) is 23.2 Å². The predicted octanol–water partition coefficient (Wildman–Crippen LogP) is 3.59. The van der Waals surface area contributed by atoms with E-state index in [1.807, 2.05) is 16.8 Å². The maximum Gasteiger partial charge on any atom is 0.242 e. The monoisotopic (exact) mass is 365 g/mol. The molecule has 0 radical (unpaired) electrons. The van der Waals surface area contributed by atoms with Gasteiger partial charge in [0.25, 0.3) is 0 Å². The first kappa shape index (κ1) is 16.7. The Balaban J connectivity index is 2.38. The van der Waals surface area contributed by atoms with E-state index in [1.165, 1.54) is 23.5 Å². The van der Waals surface area contributed by atoms with Gasteiger partial charge in [-0.25, -0.2) is 13.1 Å². The second-order valence-electron chi connectivity index (χ2n) is 4.43. The fraction of sp³-hybridized carbons (Fsp3) is 0.231. The number of thiophene rings is 1. The van der Waals surface area contributed by atoms with E-state index >= 15 is 0 Å². The lowest BCUT2D eigenvalue weighted by Gasteiger charge is -2.15. The molecule has 2 rings (SSSR count). The highest BCUT2D eigenvalue weighted by Gasteiger charge is 2.23. The number of hydrogen-bond acceptors (Lipinski definition) is 4. The van der Waals surface area contributed by atoms with Gasteiger partial charge in [-0.1, -0.05) is 23.2 Å². The number of hydrogen-bond donors (Lipinski definition) is 2. The average Bonchev–Trinajstić information content (AvgIpc) is 2.94. The summed E-state index contributed by atoms with van der Waals surface area (Å²) in [4.78, 5) is -0.136. The second kappa shape index (κ2) is 6.64. The quantitative estimate of drug-likeness (QED) is 0.850. The van der Waals surface area contributed by atoms with Crippen LogP contribution in [0, 0.1) is 0 Å². The van der Waals surface area contributed by atoms with Crippen molar-refractivity contribution in [3.8, 4) is 0 Å². The third kappa shape index (κ3) is 3.77. The number of sulfonamides is 1. The van der Waals surface area contributed by atoms with Crippen molar-refractivity contribution >= 4 is 44.6 Å². The smallest absolute Gasteiger partial charge is 0.242 e. The number of rotatable bonds is 5. The van der Waals surface area contributed by atoms with Gasteiger partial charge in [-0.05, 0) is 47.0 Å². The van der Waals surface area contributed by atoms with Crippen LogP contribution in [-0.2, 0) is 16.6 Å². The summed E-state index contributed by atoms with van der Waals surface area (Å²) in [7, 11) is -3.84. The van der Waals surface area contributed by atoms with Gasteiger partial charge in [0, 0.05) is 11.1 Å². The Labute approximate surface area is 137 Å². The SMILES string of the molecule is CC(NS(=O)(=O)c1cc(Cl)cc(CO)c1Cl)c1ccsc1. The molecule has 1 heterocycles. The van der Waals surface area contributed by atoms with Gasteiger partial charge in [-0.3, -0.25) is 0 Å². The zero-order chi connectivity index (χ0) is 15.6. The summed E-state index contributed by atoms with van der Waals surface area (Å²) in [6.07, 6.45) is 0. The molecule has 1 unspecified atom stereocenters. The van der Waals surface area contributed by atoms with Crippen molar-refractivity contribution in [1.29, 1.82) is 0 Å². The zero-order valence-corrected chi connectivity index (χ0v) is 14.2. The number of halogens is 2. The molecule has 0 fully saturated rings. The van der Waals surface area contributed by atoms with Crippen LogP contribution >= 0.6 is 34.5 Å². The van der Waals surface area contributed by atoms with Gasteiger partial charge < -0.3 is 5.11 Å². The topological polar surface area (TPSA) is 66.4 Å². The van der Waals surface area contributed by atoms with Gasteiger partial charge in [-0.2, -0.15) is 11.3 Å². The summed E-state index contributed by atoms with van der Waals surface area (Å²) in [5.74, 6) is 0. The Hall–Kier alpha value is -0.630. The third-order valence-electron chi connectivity index (χ3n) is 2.91. The van der Waals surface area contributed by atoms with Crippen molar-refractivity contribution in [3.63, 3.8) is 0 Å². The summed E-state index contributed by atoms with van der Waals surface area (Å²) in [5, 5.41) is 13.1. The van der Waals surface area contributed by atoms with E-state index in [0.29, 0.717) is 0 Å². The molecule has 21 heavy (non-hydrogen) atoms. The number of benzene rings is 1. The molecule has 2 aromatic rings. The van der Waals surface area contributed by atoms with Crippen molar-refractivity contribution in [2.24, 2.45) is 0 Å². The standard InChI is InChI=1S/C13H13Cl2NO3S2/c1-8(9-2-3-20-7-9)16-21(18,19)12-5-11(14)4-10(6-17)13(12)15/h2-5,7-8,16-17H,6H2,1H3. The lowest BCUT2D eigenvalue weighted by molar-refractivity contribution is 0.281. The Morgan fingerprint density at radius 1 is 1.38 bits per heavy atom. The van der Waals surface area contributed by atoms with Crippen LogP contribution in [0.3, 0.4) is 0 Å². The Morgan fingerprint density at radius 3 is 2.67 bits per heavy atom. The number of aliphatic hydroxyl groups excluding tert-OH is 1. The van der Waals surface area contributed by atoms with Crippen molar-refractivity contribution in [2.45, 2.75) is 24.5 Å². The molecule has 0 bridgehead atoms. The molecule has 0 aliphatic rings. The highest BCUT2D eigenvalue weighted by Crippen LogP contribution is 2.30. The highest BCUT2D eigenvalue weighted by molar-refractivity contribution is 7.89. The normalized spacial score (nSPS) is 13.3. The van der Waals surface area contributed by atoms with E-state index in [9.17, 15) is 13.5 Å². The summed E-state index contributed by atoms with van der Waals surface area (Å²) in [5.41, 5.74) is 1.14. The molecule has 0 saturated carbocycles. The van der Waals surface area contributed by atoms with E-state index in [0.717, 1.165) is 5.56 Å². The van der Waals surface area contributed by atoms with Crippen LogP contribution in [0.15, 0.2) is 33.9 Å². The first-order valence-electron chi connectivity index (χ1n) is 5.98. The average molecular weight is 366 g/mol. The van der Waals surface area contributed by atoms with E-state index in [1.54, 1.807) is 6.92 Å². The van der Waals surface area contributed by atoms with E-state index < -0.39 is 16.1 Å². The third-order valence-corrected chi connectivity index (χ3v) is 5.96. The molecular weight excluding hydrogens is 353 g/mol. The van der Waals surface area contributed by atoms with Crippen LogP contribution in [0.2, 0.25) is 10.0 Å². The highest BCUT2D eigenvalue weighted by atomic mass is 35.5. The van der Waals surface area contributed by atoms with Crippen LogP contribution in [0.25, 0.3) is 0 Å². The Kier molecular flexibility index (Phi) is 5.29. The van der Waals surface area contributed by atoms with Crippen LogP contribution in [0.5, 0.6) is 0 Å². The molecule has 2 N–H and O–H groups in total. The maximum absolute atomic E-state index is 12.4. The van der Waals surface area contributed by atoms with Crippen LogP contribution in [0.1, 0.15) is 24.1 Å². The lowest BCUT2D eigenvalue weighted by atomic mass is 10.2. The maximum atomic E-state index is 12.4. The molecule has 0 aliphatic carbocycles. The van der Waals surface area contributed by atoms with Gasteiger partial charge in [0.1, 0.15) is 4.90 Å². The molecule has 0 saturated heterocycles. The Bertz CT molecular complexity index is 730. The molecule has 114 valence electrons. The van der Waals surface area contributed by atoms with Gasteiger partial charge in [-0.15, -0.1) is 0 Å². The van der Waals surface area contributed by atoms with Crippen LogP contribution < -0.4 is 4.72 Å². The Morgan fingerprint density at radius 2 is 2.10 bits per heavy atom. The van der Waals surface area contributed by atoms with E-state index in [-0.39, 0.29) is 27.1 Å². The van der Waals surface area contributed by atoms with Crippen LogP contribution in [0.4, 0.5) is 0 Å². The van der Waals surface area contributed by atoms with Crippen molar-refractivity contribution in [1.82, 2.24) is 4.72 Å². The summed E-state index contributed by atoms with van der Waals surface area (Å²) < 4.78 is 27.4. The molecular formula is C13H13Cl2NO3S2. The van der Waals surface area contributed by atoms with Gasteiger partial charge >= 0.3 is 0 Å². The predicted molar refractivity (Wildman–Crippen MR) is 85.4 cm³/mol. The fourth-order valence-electron chi connectivity index (χ4n) is 1.81. The summed E-state index contributed by atoms with van der Waals surface area (Å²) in [6, 6.07) is 4.15. The lowest BCUT2D eigenvalue weighted by Crippen LogP contribution is -2.27. The molecule has 1 atom stereocenters. The minimum absolute atomic E-state index is 0.0214. The molecule has 0 aliphatic heterocycles. The minimum atomic E-state index is -3.84. The van der Waals surface area contributed by atoms with Gasteiger partial charge in [0.2, 0.25) is 10.0 Å². The van der Waals surface area contributed by atoms with E-state index in [2.05, 4.69) is 4.72 Å². The molecule has 0 amide bonds. The molecule has 8 heteroatoms. The number of nitrogens with one attached hydrogen (secondary N) is 1. The largest absolute Gasteiger partial charge is 0.392 e. The molecule has 4 nitrogen and oxygen atoms in total. The first-order chi connectivity index (χ1) is 9.85. The first-order valence-corrected chi connectivity index (χ1v) is 9.16. The fourth-order valence-corrected chi connectivity index (χ4v) is 4.73. The van der Waals surface area contributed by atoms with Crippen molar-refractivity contribution in [3.05, 3.63) is 50.1 Å². The van der Waals surface area contributed by atoms with Crippen molar-refractivity contribution in [2.75, 3.05) is 0 Å². The molecule has 0 spiro atoms. The molecule has 1 aromatic carbocycles. The minimum Gasteiger partial charge on any atom is -0.392 e. The zero-order valence-electron chi connectivity index (χ0n) is 11.0. The molecule has 1 aromatic heterocycles. The van der Waals surface area contributed by atoms with Gasteiger partial charge in [0.15, 0.2) is 0 Å². The second-order valence-corrected chi connectivity index (χ2v) is 7.71. The van der Waals surface area contributed by atoms with Crippen LogP contribution in [-0.4, -0.2) is 13.5 Å². The van der Waals surface area contributed by atoms with Crippen molar-refractivity contribution < 1.29 is 13.5 Å².